The van der Waals surface area contributed by atoms with Gasteiger partial charge in [0.05, 0.1) is 9.82 Å². The van der Waals surface area contributed by atoms with Gasteiger partial charge < -0.3 is 0 Å². The van der Waals surface area contributed by atoms with Crippen LogP contribution in [0.2, 0.25) is 0 Å². The van der Waals surface area contributed by atoms with Gasteiger partial charge in [-0.15, -0.1) is 0 Å². The van der Waals surface area contributed by atoms with Crippen LogP contribution in [0, 0.1) is 20.8 Å². The van der Waals surface area contributed by atoms with Crippen LogP contribution < -0.4 is 0 Å². The molecule has 0 saturated carbocycles. The van der Waals surface area contributed by atoms with E-state index in [2.05, 4.69) is 0 Å². The van der Waals surface area contributed by atoms with Gasteiger partial charge in [0.2, 0.25) is 14.0 Å². The lowest BCUT2D eigenvalue weighted by molar-refractivity contribution is -0.387. The molecular formula is C8H4Cl2N2O4S2. The Morgan fingerprint density at radius 3 is 2.50 bits per heavy atom. The minimum atomic E-state index is -4.03. The summed E-state index contributed by atoms with van der Waals surface area (Å²) in [5.74, 6) is 0. The molecule has 1 aromatic carbocycles. The van der Waals surface area contributed by atoms with Crippen molar-refractivity contribution in [3.63, 3.8) is 0 Å². The molecule has 10 heteroatoms. The van der Waals surface area contributed by atoms with Crippen molar-refractivity contribution in [3.8, 4) is 5.40 Å². The Hall–Kier alpha value is -1.01. The normalized spacial score (nSPS) is 11.2. The van der Waals surface area contributed by atoms with Gasteiger partial charge in [-0.2, -0.15) is 5.26 Å². The molecule has 6 nitrogen and oxygen atoms in total. The SMILES string of the molecule is N#CSc1ccc(S(=O)(=O)C(Cl)Cl)cc1[N+](=O)[O-]. The molecular weight excluding hydrogens is 323 g/mol. The van der Waals surface area contributed by atoms with Crippen LogP contribution in [0.25, 0.3) is 0 Å². The van der Waals surface area contributed by atoms with E-state index < -0.39 is 24.6 Å². The second-order valence-corrected chi connectivity index (χ2v) is 7.36. The number of nitriles is 1. The van der Waals surface area contributed by atoms with Crippen molar-refractivity contribution in [1.29, 1.82) is 5.26 Å². The molecule has 0 aromatic heterocycles. The zero-order chi connectivity index (χ0) is 13.9. The minimum Gasteiger partial charge on any atom is -0.258 e. The molecule has 0 radical (unpaired) electrons. The molecule has 0 N–H and O–H groups in total. The first-order valence-corrected chi connectivity index (χ1v) is 7.40. The van der Waals surface area contributed by atoms with E-state index in [1.54, 1.807) is 5.40 Å². The maximum atomic E-state index is 11.6. The number of nitrogens with zero attached hydrogens (tertiary/aromatic N) is 2. The number of nitro benzene ring substituents is 1. The van der Waals surface area contributed by atoms with Gasteiger partial charge >= 0.3 is 0 Å². The molecule has 0 saturated heterocycles. The molecule has 0 unspecified atom stereocenters. The number of rotatable bonds is 4. The third kappa shape index (κ3) is 3.05. The molecule has 0 fully saturated rings. The summed E-state index contributed by atoms with van der Waals surface area (Å²) >= 11 is 11.1. The molecule has 0 bridgehead atoms. The van der Waals surface area contributed by atoms with Crippen molar-refractivity contribution in [2.45, 2.75) is 14.0 Å². The number of thioether (sulfide) groups is 1. The van der Waals surface area contributed by atoms with Crippen molar-refractivity contribution in [3.05, 3.63) is 28.3 Å². The molecule has 0 amide bonds. The Morgan fingerprint density at radius 2 is 2.06 bits per heavy atom. The van der Waals surface area contributed by atoms with E-state index in [4.69, 9.17) is 28.5 Å². The quantitative estimate of drug-likeness (QED) is 0.277. The maximum absolute atomic E-state index is 11.6. The van der Waals surface area contributed by atoms with Crippen LogP contribution in [-0.4, -0.2) is 17.5 Å². The van der Waals surface area contributed by atoms with Crippen molar-refractivity contribution < 1.29 is 13.3 Å². The van der Waals surface area contributed by atoms with E-state index in [-0.39, 0.29) is 9.79 Å². The average molecular weight is 327 g/mol. The van der Waals surface area contributed by atoms with Crippen molar-refractivity contribution in [1.82, 2.24) is 0 Å². The number of halogens is 2. The summed E-state index contributed by atoms with van der Waals surface area (Å²) in [5, 5.41) is 20.9. The lowest BCUT2D eigenvalue weighted by Gasteiger charge is -2.05. The topological polar surface area (TPSA) is 101 Å². The minimum absolute atomic E-state index is 0.0437. The molecule has 18 heavy (non-hydrogen) atoms. The van der Waals surface area contributed by atoms with Crippen LogP contribution in [0.1, 0.15) is 0 Å². The van der Waals surface area contributed by atoms with Crippen molar-refractivity contribution in [2.75, 3.05) is 0 Å². The van der Waals surface area contributed by atoms with Gasteiger partial charge in [-0.1, -0.05) is 23.2 Å². The van der Waals surface area contributed by atoms with E-state index in [9.17, 15) is 18.5 Å². The Kier molecular flexibility index (Phi) is 4.81. The fourth-order valence-corrected chi connectivity index (χ4v) is 2.88. The van der Waals surface area contributed by atoms with Crippen molar-refractivity contribution in [2.24, 2.45) is 0 Å². The predicted molar refractivity (Wildman–Crippen MR) is 67.2 cm³/mol. The van der Waals surface area contributed by atoms with Crippen LogP contribution in [-0.2, 0) is 9.84 Å². The van der Waals surface area contributed by atoms with Crippen LogP contribution in [0.5, 0.6) is 0 Å². The first-order chi connectivity index (χ1) is 8.30. The number of hydrogen-bond donors (Lipinski definition) is 0. The summed E-state index contributed by atoms with van der Waals surface area (Å²) in [7, 11) is -4.03. The zero-order valence-electron chi connectivity index (χ0n) is 8.41. The summed E-state index contributed by atoms with van der Waals surface area (Å²) in [6.45, 7) is 0. The second-order valence-electron chi connectivity index (χ2n) is 2.89. The molecule has 0 atom stereocenters. The standard InChI is InChI=1S/C8H4Cl2N2O4S2/c9-8(10)18(15,16)5-1-2-7(17-4-11)6(3-5)12(13)14/h1-3,8H. The first kappa shape index (κ1) is 15.0. The zero-order valence-corrected chi connectivity index (χ0v) is 11.6. The molecule has 1 aromatic rings. The van der Waals surface area contributed by atoms with Crippen molar-refractivity contribution >= 4 is 50.5 Å². The highest BCUT2D eigenvalue weighted by Gasteiger charge is 2.26. The van der Waals surface area contributed by atoms with Gasteiger partial charge in [0.25, 0.3) is 5.69 Å². The number of sulfone groups is 1. The van der Waals surface area contributed by atoms with Gasteiger partial charge in [-0.25, -0.2) is 8.42 Å². The van der Waals surface area contributed by atoms with Gasteiger partial charge in [0.1, 0.15) is 10.3 Å². The number of nitro groups is 1. The number of benzene rings is 1. The molecule has 0 spiro atoms. The van der Waals surface area contributed by atoms with Crippen LogP contribution >= 0.6 is 35.0 Å². The molecule has 0 aliphatic carbocycles. The van der Waals surface area contributed by atoms with Crippen LogP contribution in [0.15, 0.2) is 28.0 Å². The van der Waals surface area contributed by atoms with Gasteiger partial charge in [0, 0.05) is 6.07 Å². The maximum Gasteiger partial charge on any atom is 0.285 e. The van der Waals surface area contributed by atoms with Crippen LogP contribution in [0.3, 0.4) is 0 Å². The Morgan fingerprint density at radius 1 is 1.44 bits per heavy atom. The van der Waals surface area contributed by atoms with E-state index >= 15 is 0 Å². The Balaban J connectivity index is 3.42. The Bertz CT molecular complexity index is 624. The summed E-state index contributed by atoms with van der Waals surface area (Å²) < 4.78 is 21.5. The van der Waals surface area contributed by atoms with E-state index in [0.717, 1.165) is 18.2 Å². The molecule has 0 aliphatic heterocycles. The van der Waals surface area contributed by atoms with Gasteiger partial charge in [-0.05, 0) is 23.9 Å². The highest BCUT2D eigenvalue weighted by molar-refractivity contribution is 8.03. The third-order valence-electron chi connectivity index (χ3n) is 1.85. The monoisotopic (exact) mass is 326 g/mol. The molecule has 0 heterocycles. The Labute approximate surface area is 117 Å². The predicted octanol–water partition coefficient (Wildman–Crippen LogP) is 2.70. The summed E-state index contributed by atoms with van der Waals surface area (Å²) in [6.07, 6.45) is 0. The van der Waals surface area contributed by atoms with E-state index in [1.165, 1.54) is 0 Å². The highest BCUT2D eigenvalue weighted by atomic mass is 35.5. The van der Waals surface area contributed by atoms with Gasteiger partial charge in [-0.3, -0.25) is 10.1 Å². The fraction of sp³-hybridized carbons (Fsp3) is 0.125. The fourth-order valence-electron chi connectivity index (χ4n) is 1.06. The number of alkyl halides is 2. The average Bonchev–Trinajstić information content (AvgIpc) is 2.29. The number of thiocyanates is 1. The lowest BCUT2D eigenvalue weighted by Crippen LogP contribution is -2.09. The molecule has 0 aliphatic rings. The summed E-state index contributed by atoms with van der Waals surface area (Å²) in [6, 6.07) is 3.10. The first-order valence-electron chi connectivity index (χ1n) is 4.17. The largest absolute Gasteiger partial charge is 0.285 e. The third-order valence-corrected chi connectivity index (χ3v) is 5.29. The van der Waals surface area contributed by atoms with E-state index in [0.29, 0.717) is 11.8 Å². The second kappa shape index (κ2) is 5.75. The summed E-state index contributed by atoms with van der Waals surface area (Å²) in [5.41, 5.74) is -0.489. The number of hydrogen-bond acceptors (Lipinski definition) is 6. The van der Waals surface area contributed by atoms with Crippen LogP contribution in [0.4, 0.5) is 5.69 Å². The summed E-state index contributed by atoms with van der Waals surface area (Å²) in [4.78, 5) is 9.66. The molecule has 96 valence electrons. The van der Waals surface area contributed by atoms with E-state index in [1.807, 2.05) is 0 Å². The smallest absolute Gasteiger partial charge is 0.258 e. The van der Waals surface area contributed by atoms with Gasteiger partial charge in [0.15, 0.2) is 0 Å². The lowest BCUT2D eigenvalue weighted by atomic mass is 10.3. The molecule has 1 rings (SSSR count). The highest BCUT2D eigenvalue weighted by Crippen LogP contribution is 2.32.